The number of likely N-dealkylation sites (tertiary alicyclic amines) is 1. The van der Waals surface area contributed by atoms with Crippen LogP contribution in [0.5, 0.6) is 0 Å². The highest BCUT2D eigenvalue weighted by Crippen LogP contribution is 2.31. The molecule has 0 N–H and O–H groups in total. The number of halogens is 1. The van der Waals surface area contributed by atoms with E-state index in [1.54, 1.807) is 10.7 Å². The summed E-state index contributed by atoms with van der Waals surface area (Å²) in [5, 5.41) is 4.10. The van der Waals surface area contributed by atoms with Crippen LogP contribution in [-0.2, 0) is 13.6 Å². The smallest absolute Gasteiger partial charge is 0.301 e. The van der Waals surface area contributed by atoms with Gasteiger partial charge in [-0.3, -0.25) is 23.7 Å². The number of Topliss-reactive ketones (excluding diaryl/α,β-unsaturated/α-hetero) is 1. The molecule has 1 atom stereocenters. The number of hydrogen-bond acceptors (Lipinski definition) is 7. The summed E-state index contributed by atoms with van der Waals surface area (Å²) >= 11 is 0. The van der Waals surface area contributed by atoms with E-state index in [1.165, 1.54) is 60.0 Å². The van der Waals surface area contributed by atoms with Crippen molar-refractivity contribution in [1.82, 2.24) is 33.7 Å². The lowest BCUT2D eigenvalue weighted by Gasteiger charge is -2.28. The van der Waals surface area contributed by atoms with Gasteiger partial charge in [0.2, 0.25) is 0 Å². The molecule has 1 saturated heterocycles. The van der Waals surface area contributed by atoms with Gasteiger partial charge in [0, 0.05) is 38.3 Å². The Morgan fingerprint density at radius 1 is 0.948 bits per heavy atom. The summed E-state index contributed by atoms with van der Waals surface area (Å²) in [6.45, 7) is 19.8. The molecule has 0 bridgehead atoms. The van der Waals surface area contributed by atoms with Gasteiger partial charge in [-0.05, 0) is 138 Å². The summed E-state index contributed by atoms with van der Waals surface area (Å²) in [5.74, 6) is -0.00947. The molecule has 2 aliphatic rings. The topological polar surface area (TPSA) is 98.3 Å². The predicted molar refractivity (Wildman–Crippen MR) is 233 cm³/mol. The van der Waals surface area contributed by atoms with E-state index in [0.717, 1.165) is 74.8 Å². The fourth-order valence-corrected chi connectivity index (χ4v) is 8.18. The molecule has 0 radical (unpaired) electrons. The maximum atomic E-state index is 14.4. The molecule has 312 valence electrons. The van der Waals surface area contributed by atoms with Crippen LogP contribution in [0.15, 0.2) is 76.4 Å². The lowest BCUT2D eigenvalue weighted by atomic mass is 9.87. The molecule has 10 nitrogen and oxygen atoms in total. The molecule has 3 aromatic heterocycles. The van der Waals surface area contributed by atoms with Crippen molar-refractivity contribution in [2.75, 3.05) is 26.2 Å². The van der Waals surface area contributed by atoms with Gasteiger partial charge >= 0.3 is 5.69 Å². The van der Waals surface area contributed by atoms with Crippen molar-refractivity contribution in [1.29, 1.82) is 0 Å². The Labute approximate surface area is 343 Å². The average molecular weight is 794 g/mol. The van der Waals surface area contributed by atoms with Gasteiger partial charge in [-0.15, -0.1) is 0 Å². The van der Waals surface area contributed by atoms with Gasteiger partial charge < -0.3 is 4.90 Å². The van der Waals surface area contributed by atoms with E-state index in [-0.39, 0.29) is 22.9 Å². The largest absolute Gasteiger partial charge is 0.337 e. The number of carbonyl (C=O) groups is 1. The Morgan fingerprint density at radius 3 is 2.24 bits per heavy atom. The fourth-order valence-electron chi connectivity index (χ4n) is 8.18. The van der Waals surface area contributed by atoms with E-state index in [1.807, 2.05) is 52.1 Å². The maximum absolute atomic E-state index is 14.4. The van der Waals surface area contributed by atoms with Gasteiger partial charge in [-0.25, -0.2) is 18.7 Å². The van der Waals surface area contributed by atoms with Crippen LogP contribution in [0.3, 0.4) is 0 Å². The monoisotopic (exact) mass is 794 g/mol. The number of ketones is 1. The minimum Gasteiger partial charge on any atom is -0.301 e. The number of nitrogens with zero attached hydrogens (tertiary/aromatic N) is 7. The lowest BCUT2D eigenvalue weighted by Crippen LogP contribution is -2.43. The molecule has 1 aliphatic carbocycles. The van der Waals surface area contributed by atoms with Gasteiger partial charge in [0.25, 0.3) is 5.56 Å². The number of aromatic nitrogens is 5. The molecule has 2 aromatic carbocycles. The van der Waals surface area contributed by atoms with E-state index in [9.17, 15) is 18.8 Å². The molecule has 1 aliphatic heterocycles. The first-order valence-electron chi connectivity index (χ1n) is 21.4. The van der Waals surface area contributed by atoms with Crippen LogP contribution in [0, 0.1) is 18.7 Å². The summed E-state index contributed by atoms with van der Waals surface area (Å²) in [6.07, 6.45) is 9.46. The Kier molecular flexibility index (Phi) is 15.9. The number of hydrogen-bond donors (Lipinski definition) is 0. The number of rotatable bonds is 12. The maximum Gasteiger partial charge on any atom is 0.337 e. The van der Waals surface area contributed by atoms with Crippen LogP contribution in [0.1, 0.15) is 121 Å². The first kappa shape index (κ1) is 44.4. The second-order valence-electron chi connectivity index (χ2n) is 16.0. The Balaban J connectivity index is 0.000000463. The van der Waals surface area contributed by atoms with Crippen molar-refractivity contribution in [2.45, 2.75) is 118 Å². The van der Waals surface area contributed by atoms with Crippen LogP contribution in [0.25, 0.3) is 27.8 Å². The third-order valence-electron chi connectivity index (χ3n) is 11.7. The van der Waals surface area contributed by atoms with E-state index < -0.39 is 17.1 Å². The standard InChI is InChI=1S/C38H48FN5O2.C7H10N2O.C2H6/c1-4-19-41(22-18-28(3)42-20-5-6-21-42)26-29-12-14-30(15-13-29)31-8-7-9-34(23-31)43-36-35(24-32(39)25-40-36)37(45)44(38(43)46)33-16-10-27(2)11-17-33;1-5-4-7(6(2)10)8-9(5)3;1-2/h7-9,12-15,23-25,27-28,33H,4-6,10-11,16-22,26H2,1-3H3;4H,1-3H3;1-2H3. The summed E-state index contributed by atoms with van der Waals surface area (Å²) in [7, 11) is 1.82. The van der Waals surface area contributed by atoms with Gasteiger partial charge in [-0.1, -0.05) is 64.1 Å². The third kappa shape index (κ3) is 10.8. The van der Waals surface area contributed by atoms with Crippen molar-refractivity contribution >= 4 is 16.8 Å². The van der Waals surface area contributed by atoms with E-state index in [0.29, 0.717) is 23.3 Å². The average Bonchev–Trinajstić information content (AvgIpc) is 3.89. The molecule has 58 heavy (non-hydrogen) atoms. The molecule has 0 spiro atoms. The van der Waals surface area contributed by atoms with Crippen molar-refractivity contribution in [2.24, 2.45) is 13.0 Å². The zero-order chi connectivity index (χ0) is 41.9. The van der Waals surface area contributed by atoms with Gasteiger partial charge in [0.15, 0.2) is 11.4 Å². The first-order valence-corrected chi connectivity index (χ1v) is 21.4. The van der Waals surface area contributed by atoms with Crippen LogP contribution in [-0.4, -0.2) is 71.7 Å². The normalized spacial score (nSPS) is 17.4. The highest BCUT2D eigenvalue weighted by atomic mass is 19.1. The van der Waals surface area contributed by atoms with Crippen molar-refractivity contribution in [3.05, 3.63) is 110 Å². The molecule has 5 aromatic rings. The summed E-state index contributed by atoms with van der Waals surface area (Å²) in [4.78, 5) is 47.8. The summed E-state index contributed by atoms with van der Waals surface area (Å²) < 4.78 is 18.9. The molecule has 1 saturated carbocycles. The number of benzene rings is 2. The number of fused-ring (bicyclic) bond motifs is 1. The Hall–Kier alpha value is -4.74. The molecule has 4 heterocycles. The molecule has 7 rings (SSSR count). The highest BCUT2D eigenvalue weighted by molar-refractivity contribution is 5.92. The highest BCUT2D eigenvalue weighted by Gasteiger charge is 2.26. The SMILES string of the molecule is CC.CC(=O)c1cc(C)n(C)n1.CCCN(CCC(C)N1CCCC1)Cc1ccc(-c2cccc(-n3c(=O)n(C4CCC(C)CC4)c(=O)c4cc(F)cnc43)c2)cc1. The zero-order valence-electron chi connectivity index (χ0n) is 36.0. The van der Waals surface area contributed by atoms with E-state index in [2.05, 4.69) is 64.9 Å². The van der Waals surface area contributed by atoms with E-state index in [4.69, 9.17) is 0 Å². The molecule has 0 amide bonds. The van der Waals surface area contributed by atoms with Crippen molar-refractivity contribution in [3.63, 3.8) is 0 Å². The van der Waals surface area contributed by atoms with Gasteiger partial charge in [-0.2, -0.15) is 5.10 Å². The Morgan fingerprint density at radius 2 is 1.64 bits per heavy atom. The minimum atomic E-state index is -0.592. The van der Waals surface area contributed by atoms with Crippen LogP contribution < -0.4 is 11.2 Å². The molecular weight excluding hydrogens is 730 g/mol. The molecule has 2 fully saturated rings. The zero-order valence-corrected chi connectivity index (χ0v) is 36.0. The third-order valence-corrected chi connectivity index (χ3v) is 11.7. The number of carbonyl (C=O) groups excluding carboxylic acids is 1. The van der Waals surface area contributed by atoms with Crippen LogP contribution >= 0.6 is 0 Å². The lowest BCUT2D eigenvalue weighted by molar-refractivity contribution is 0.101. The van der Waals surface area contributed by atoms with Gasteiger partial charge in [0.05, 0.1) is 17.3 Å². The fraction of sp³-hybridized carbons (Fsp3) is 0.511. The Bertz CT molecular complexity index is 2210. The number of aryl methyl sites for hydroxylation is 2. The first-order chi connectivity index (χ1) is 27.9. The van der Waals surface area contributed by atoms with Crippen molar-refractivity contribution in [3.8, 4) is 16.8 Å². The van der Waals surface area contributed by atoms with Crippen molar-refractivity contribution < 1.29 is 9.18 Å². The molecule has 1 unspecified atom stereocenters. The molecular formula is C47H64FN7O3. The quantitative estimate of drug-likeness (QED) is 0.116. The summed E-state index contributed by atoms with van der Waals surface area (Å²) in [6, 6.07) is 19.9. The minimum absolute atomic E-state index is 0.0173. The molecule has 11 heteroatoms. The van der Waals surface area contributed by atoms with Crippen LogP contribution in [0.2, 0.25) is 0 Å². The van der Waals surface area contributed by atoms with Crippen LogP contribution in [0.4, 0.5) is 4.39 Å². The predicted octanol–water partition coefficient (Wildman–Crippen LogP) is 9.15. The van der Waals surface area contributed by atoms with E-state index >= 15 is 0 Å². The number of pyridine rings is 1. The second-order valence-corrected chi connectivity index (χ2v) is 16.0. The second kappa shape index (κ2) is 20.8. The van der Waals surface area contributed by atoms with Gasteiger partial charge in [0.1, 0.15) is 11.5 Å². The summed E-state index contributed by atoms with van der Waals surface area (Å²) in [5.41, 5.74) is 4.74.